The molecule has 1 N–H and O–H groups in total. The summed E-state index contributed by atoms with van der Waals surface area (Å²) in [5, 5.41) is 8.09. The molecule has 1 aliphatic carbocycles. The van der Waals surface area contributed by atoms with Gasteiger partial charge < -0.3 is 9.68 Å². The SMILES string of the molecule is CC1(O[B]O)CC1. The summed E-state index contributed by atoms with van der Waals surface area (Å²) in [6.45, 7) is 1.97. The number of hydrogen-bond acceptors (Lipinski definition) is 2. The second-order valence-corrected chi connectivity index (χ2v) is 2.17. The zero-order valence-electron chi connectivity index (χ0n) is 4.35. The van der Waals surface area contributed by atoms with Crippen molar-refractivity contribution in [3.05, 3.63) is 0 Å². The molecule has 1 fully saturated rings. The van der Waals surface area contributed by atoms with Gasteiger partial charge in [0.2, 0.25) is 0 Å². The molecule has 1 aliphatic rings. The lowest BCUT2D eigenvalue weighted by molar-refractivity contribution is 0.180. The van der Waals surface area contributed by atoms with Gasteiger partial charge in [-0.3, -0.25) is 0 Å². The van der Waals surface area contributed by atoms with Crippen LogP contribution in [-0.4, -0.2) is 18.3 Å². The summed E-state index contributed by atoms with van der Waals surface area (Å²) >= 11 is 0. The molecule has 2 nitrogen and oxygen atoms in total. The maximum Gasteiger partial charge on any atom is 0.485 e. The lowest BCUT2D eigenvalue weighted by Crippen LogP contribution is -2.11. The molecule has 7 heavy (non-hydrogen) atoms. The standard InChI is InChI=1S/C4H8BO2/c1-4(2-3-4)7-5-6/h6H,2-3H2,1H3. The van der Waals surface area contributed by atoms with Crippen LogP contribution in [0.15, 0.2) is 0 Å². The summed E-state index contributed by atoms with van der Waals surface area (Å²) in [6.07, 6.45) is 2.15. The predicted octanol–water partition coefficient (Wildman–Crippen LogP) is 0.0820. The Morgan fingerprint density at radius 2 is 2.29 bits per heavy atom. The van der Waals surface area contributed by atoms with Crippen molar-refractivity contribution in [1.29, 1.82) is 0 Å². The van der Waals surface area contributed by atoms with E-state index in [1.807, 2.05) is 6.92 Å². The zero-order chi connectivity index (χ0) is 5.33. The van der Waals surface area contributed by atoms with Crippen molar-refractivity contribution in [2.45, 2.75) is 25.4 Å². The van der Waals surface area contributed by atoms with E-state index in [9.17, 15) is 0 Å². The Morgan fingerprint density at radius 1 is 1.71 bits per heavy atom. The minimum Gasteiger partial charge on any atom is -0.429 e. The fraction of sp³-hybridized carbons (Fsp3) is 1.00. The fourth-order valence-electron chi connectivity index (χ4n) is 0.421. The van der Waals surface area contributed by atoms with Crippen LogP contribution in [0.1, 0.15) is 19.8 Å². The van der Waals surface area contributed by atoms with Crippen LogP contribution in [-0.2, 0) is 4.65 Å². The van der Waals surface area contributed by atoms with Crippen molar-refractivity contribution < 1.29 is 9.68 Å². The average Bonchev–Trinajstić information content (AvgIpc) is 2.22. The normalized spacial score (nSPS) is 24.3. The maximum absolute atomic E-state index is 8.09. The van der Waals surface area contributed by atoms with E-state index in [2.05, 4.69) is 0 Å². The molecule has 0 spiro atoms. The smallest absolute Gasteiger partial charge is 0.429 e. The molecule has 0 heterocycles. The Kier molecular flexibility index (Phi) is 1.09. The molecule has 0 aromatic carbocycles. The number of rotatable bonds is 2. The van der Waals surface area contributed by atoms with Gasteiger partial charge in [0.05, 0.1) is 5.60 Å². The molecule has 0 aromatic rings. The molecule has 0 atom stereocenters. The Labute approximate surface area is 43.8 Å². The molecule has 0 saturated heterocycles. The van der Waals surface area contributed by atoms with E-state index in [1.54, 1.807) is 0 Å². The van der Waals surface area contributed by atoms with E-state index < -0.39 is 0 Å². The van der Waals surface area contributed by atoms with E-state index in [-0.39, 0.29) is 5.60 Å². The number of hydrogen-bond donors (Lipinski definition) is 1. The largest absolute Gasteiger partial charge is 0.485 e. The van der Waals surface area contributed by atoms with Crippen LogP contribution in [0.3, 0.4) is 0 Å². The van der Waals surface area contributed by atoms with Crippen LogP contribution in [0.4, 0.5) is 0 Å². The highest BCUT2D eigenvalue weighted by atomic mass is 16.5. The molecule has 1 rings (SSSR count). The lowest BCUT2D eigenvalue weighted by Gasteiger charge is -2.03. The molecule has 0 bridgehead atoms. The van der Waals surface area contributed by atoms with Gasteiger partial charge in [-0.2, -0.15) is 0 Å². The van der Waals surface area contributed by atoms with Crippen molar-refractivity contribution in [2.75, 3.05) is 0 Å². The van der Waals surface area contributed by atoms with E-state index in [4.69, 9.17) is 9.68 Å². The molecule has 1 saturated carbocycles. The Hall–Kier alpha value is -0.0151. The van der Waals surface area contributed by atoms with Crippen molar-refractivity contribution in [3.63, 3.8) is 0 Å². The lowest BCUT2D eigenvalue weighted by atomic mass is 10.3. The van der Waals surface area contributed by atoms with Crippen LogP contribution < -0.4 is 0 Å². The highest BCUT2D eigenvalue weighted by molar-refractivity contribution is 6.16. The summed E-state index contributed by atoms with van der Waals surface area (Å²) in [5.41, 5.74) is -0.00521. The summed E-state index contributed by atoms with van der Waals surface area (Å²) in [6, 6.07) is 0. The third-order valence-corrected chi connectivity index (χ3v) is 1.29. The second-order valence-electron chi connectivity index (χ2n) is 2.17. The third kappa shape index (κ3) is 1.18. The molecule has 39 valence electrons. The average molecular weight is 98.9 g/mol. The quantitative estimate of drug-likeness (QED) is 0.496. The van der Waals surface area contributed by atoms with Gasteiger partial charge in [-0.05, 0) is 19.8 Å². The monoisotopic (exact) mass is 99.1 g/mol. The molecular formula is C4H8BO2. The highest BCUT2D eigenvalue weighted by Crippen LogP contribution is 2.37. The van der Waals surface area contributed by atoms with Crippen molar-refractivity contribution in [2.24, 2.45) is 0 Å². The molecular weight excluding hydrogens is 90.9 g/mol. The molecule has 0 unspecified atom stereocenters. The zero-order valence-corrected chi connectivity index (χ0v) is 4.35. The first-order valence-corrected chi connectivity index (χ1v) is 2.41. The van der Waals surface area contributed by atoms with Crippen LogP contribution in [0, 0.1) is 0 Å². The van der Waals surface area contributed by atoms with Crippen LogP contribution in [0.2, 0.25) is 0 Å². The van der Waals surface area contributed by atoms with Crippen LogP contribution in [0.5, 0.6) is 0 Å². The van der Waals surface area contributed by atoms with E-state index in [1.165, 1.54) is 0 Å². The van der Waals surface area contributed by atoms with Gasteiger partial charge >= 0.3 is 7.69 Å². The Balaban J connectivity index is 2.13. The first-order valence-electron chi connectivity index (χ1n) is 2.41. The van der Waals surface area contributed by atoms with E-state index in [0.29, 0.717) is 0 Å². The predicted molar refractivity (Wildman–Crippen MR) is 26.7 cm³/mol. The second kappa shape index (κ2) is 1.49. The third-order valence-electron chi connectivity index (χ3n) is 1.29. The molecule has 3 heteroatoms. The first kappa shape index (κ1) is 5.13. The first-order chi connectivity index (χ1) is 3.27. The van der Waals surface area contributed by atoms with Crippen LogP contribution >= 0.6 is 0 Å². The van der Waals surface area contributed by atoms with Crippen molar-refractivity contribution in [3.8, 4) is 0 Å². The summed E-state index contributed by atoms with van der Waals surface area (Å²) in [4.78, 5) is 0. The van der Waals surface area contributed by atoms with E-state index >= 15 is 0 Å². The molecule has 0 amide bonds. The Morgan fingerprint density at radius 3 is 2.43 bits per heavy atom. The van der Waals surface area contributed by atoms with Crippen molar-refractivity contribution in [1.82, 2.24) is 0 Å². The summed E-state index contributed by atoms with van der Waals surface area (Å²) in [5.74, 6) is 0. The van der Waals surface area contributed by atoms with E-state index in [0.717, 1.165) is 20.5 Å². The van der Waals surface area contributed by atoms with Gasteiger partial charge in [0.15, 0.2) is 0 Å². The fourth-order valence-corrected chi connectivity index (χ4v) is 0.421. The maximum atomic E-state index is 8.09. The summed E-state index contributed by atoms with van der Waals surface area (Å²) in [7, 11) is 0.771. The summed E-state index contributed by atoms with van der Waals surface area (Å²) < 4.78 is 4.77. The molecule has 0 aromatic heterocycles. The van der Waals surface area contributed by atoms with Crippen molar-refractivity contribution >= 4 is 7.69 Å². The van der Waals surface area contributed by atoms with Gasteiger partial charge in [-0.15, -0.1) is 0 Å². The minimum atomic E-state index is -0.00521. The molecule has 0 aliphatic heterocycles. The van der Waals surface area contributed by atoms with Gasteiger partial charge in [0.1, 0.15) is 0 Å². The van der Waals surface area contributed by atoms with Gasteiger partial charge in [-0.1, -0.05) is 0 Å². The minimum absolute atomic E-state index is 0.00521. The van der Waals surface area contributed by atoms with Gasteiger partial charge in [-0.25, -0.2) is 0 Å². The van der Waals surface area contributed by atoms with Gasteiger partial charge in [0.25, 0.3) is 0 Å². The highest BCUT2D eigenvalue weighted by Gasteiger charge is 2.37. The van der Waals surface area contributed by atoms with Crippen LogP contribution in [0.25, 0.3) is 0 Å². The Bertz CT molecular complexity index is 70.1. The topological polar surface area (TPSA) is 29.5 Å². The molecule has 1 radical (unpaired) electrons. The van der Waals surface area contributed by atoms with Gasteiger partial charge in [0, 0.05) is 0 Å².